The molecular weight excluding hydrogens is 518 g/mol. The molecular formula is C32H31N5O2S. The minimum Gasteiger partial charge on any atom is -0.497 e. The summed E-state index contributed by atoms with van der Waals surface area (Å²) >= 11 is 1.62. The van der Waals surface area contributed by atoms with Crippen LogP contribution < -0.4 is 15.4 Å². The maximum Gasteiger partial charge on any atom is 0.319 e. The number of nitrogens with one attached hydrogen (secondary N) is 2. The number of amides is 2. The molecule has 7 nitrogen and oxygen atoms in total. The number of benzene rings is 4. The number of thioether (sulfide) groups is 1. The van der Waals surface area contributed by atoms with Gasteiger partial charge in [0.2, 0.25) is 0 Å². The maximum atomic E-state index is 13.2. The first-order chi connectivity index (χ1) is 19.6. The first kappa shape index (κ1) is 27.0. The van der Waals surface area contributed by atoms with Gasteiger partial charge in [-0.15, -0.1) is 10.2 Å². The fourth-order valence-electron chi connectivity index (χ4n) is 4.32. The van der Waals surface area contributed by atoms with Gasteiger partial charge >= 0.3 is 6.03 Å². The molecule has 40 heavy (non-hydrogen) atoms. The van der Waals surface area contributed by atoms with Crippen LogP contribution in [0.25, 0.3) is 5.69 Å². The second-order valence-electron chi connectivity index (χ2n) is 9.36. The minimum atomic E-state index is -0.444. The van der Waals surface area contributed by atoms with E-state index in [2.05, 4.69) is 64.2 Å². The van der Waals surface area contributed by atoms with Crippen molar-refractivity contribution >= 4 is 23.5 Å². The molecule has 0 radical (unpaired) electrons. The van der Waals surface area contributed by atoms with Crippen LogP contribution in [0.1, 0.15) is 28.6 Å². The Hall–Kier alpha value is -4.56. The number of hydrogen-bond acceptors (Lipinski definition) is 5. The number of rotatable bonds is 10. The summed E-state index contributed by atoms with van der Waals surface area (Å²) in [5.74, 6) is 2.13. The van der Waals surface area contributed by atoms with E-state index < -0.39 is 6.04 Å². The summed E-state index contributed by atoms with van der Waals surface area (Å²) in [4.78, 5) is 13.2. The zero-order valence-corrected chi connectivity index (χ0v) is 23.3. The zero-order chi connectivity index (χ0) is 27.7. The molecule has 0 saturated heterocycles. The number of carbonyl (C=O) groups is 1. The Labute approximate surface area is 238 Å². The van der Waals surface area contributed by atoms with Crippen LogP contribution in [0.4, 0.5) is 10.5 Å². The van der Waals surface area contributed by atoms with Crippen molar-refractivity contribution in [2.24, 2.45) is 0 Å². The number of ether oxygens (including phenoxy) is 1. The molecule has 1 aromatic heterocycles. The molecule has 0 spiro atoms. The number of hydrogen-bond donors (Lipinski definition) is 2. The van der Waals surface area contributed by atoms with Crippen LogP contribution in [0.5, 0.6) is 5.75 Å². The molecule has 0 bridgehead atoms. The Morgan fingerprint density at radius 3 is 2.15 bits per heavy atom. The molecule has 1 atom stereocenters. The maximum absolute atomic E-state index is 13.2. The summed E-state index contributed by atoms with van der Waals surface area (Å²) in [6, 6.07) is 35.1. The van der Waals surface area contributed by atoms with E-state index in [0.29, 0.717) is 17.9 Å². The van der Waals surface area contributed by atoms with E-state index in [1.165, 1.54) is 5.56 Å². The van der Waals surface area contributed by atoms with Gasteiger partial charge in [-0.05, 0) is 54.4 Å². The highest BCUT2D eigenvalue weighted by Crippen LogP contribution is 2.29. The lowest BCUT2D eigenvalue weighted by Crippen LogP contribution is -2.35. The van der Waals surface area contributed by atoms with Crippen LogP contribution in [0.3, 0.4) is 0 Å². The van der Waals surface area contributed by atoms with Crippen molar-refractivity contribution in [1.29, 1.82) is 0 Å². The summed E-state index contributed by atoms with van der Waals surface area (Å²) in [5.41, 5.74) is 5.04. The first-order valence-corrected chi connectivity index (χ1v) is 14.0. The average Bonchev–Trinajstić information content (AvgIpc) is 3.41. The van der Waals surface area contributed by atoms with E-state index in [1.807, 2.05) is 53.1 Å². The number of urea groups is 1. The Balaban J connectivity index is 1.47. The Bertz CT molecular complexity index is 1520. The van der Waals surface area contributed by atoms with Crippen molar-refractivity contribution in [2.75, 3.05) is 12.4 Å². The van der Waals surface area contributed by atoms with Gasteiger partial charge in [-0.1, -0.05) is 90.1 Å². The van der Waals surface area contributed by atoms with Gasteiger partial charge in [0.15, 0.2) is 11.0 Å². The van der Waals surface area contributed by atoms with Gasteiger partial charge in [0.1, 0.15) is 5.75 Å². The third-order valence-corrected chi connectivity index (χ3v) is 7.41. The van der Waals surface area contributed by atoms with Gasteiger partial charge in [-0.25, -0.2) is 4.79 Å². The van der Waals surface area contributed by atoms with E-state index in [9.17, 15) is 4.79 Å². The molecule has 0 aliphatic rings. The predicted molar refractivity (Wildman–Crippen MR) is 160 cm³/mol. The number of aryl methyl sites for hydroxylation is 1. The molecule has 202 valence electrons. The summed E-state index contributed by atoms with van der Waals surface area (Å²) in [6.07, 6.45) is 0.546. The molecule has 4 aromatic carbocycles. The number of anilines is 1. The molecule has 8 heteroatoms. The fourth-order valence-corrected chi connectivity index (χ4v) is 5.23. The largest absolute Gasteiger partial charge is 0.497 e. The van der Waals surface area contributed by atoms with Gasteiger partial charge in [0, 0.05) is 23.5 Å². The van der Waals surface area contributed by atoms with Crippen LogP contribution in [0.2, 0.25) is 0 Å². The second kappa shape index (κ2) is 13.0. The monoisotopic (exact) mass is 549 g/mol. The summed E-state index contributed by atoms with van der Waals surface area (Å²) in [7, 11) is 1.61. The topological polar surface area (TPSA) is 81.1 Å². The summed E-state index contributed by atoms with van der Waals surface area (Å²) in [6.45, 7) is 2.06. The van der Waals surface area contributed by atoms with Crippen LogP contribution >= 0.6 is 11.8 Å². The number of methoxy groups -OCH3 is 1. The van der Waals surface area contributed by atoms with E-state index in [4.69, 9.17) is 4.74 Å². The highest BCUT2D eigenvalue weighted by atomic mass is 32.2. The van der Waals surface area contributed by atoms with Gasteiger partial charge < -0.3 is 15.4 Å². The third-order valence-electron chi connectivity index (χ3n) is 6.41. The average molecular weight is 550 g/mol. The first-order valence-electron chi connectivity index (χ1n) is 13.0. The van der Waals surface area contributed by atoms with Crippen LogP contribution in [-0.4, -0.2) is 27.9 Å². The van der Waals surface area contributed by atoms with Crippen molar-refractivity contribution in [3.63, 3.8) is 0 Å². The molecule has 1 unspecified atom stereocenters. The molecule has 5 rings (SSSR count). The zero-order valence-electron chi connectivity index (χ0n) is 22.5. The summed E-state index contributed by atoms with van der Waals surface area (Å²) < 4.78 is 7.28. The van der Waals surface area contributed by atoms with Gasteiger partial charge in [0.05, 0.1) is 13.2 Å². The highest BCUT2D eigenvalue weighted by molar-refractivity contribution is 7.98. The third kappa shape index (κ3) is 6.90. The van der Waals surface area contributed by atoms with E-state index in [1.54, 1.807) is 43.1 Å². The fraction of sp³-hybridized carbons (Fsp3) is 0.156. The number of carbonyl (C=O) groups excluding carboxylic acids is 1. The smallest absolute Gasteiger partial charge is 0.319 e. The number of aromatic nitrogens is 3. The molecule has 2 amide bonds. The normalized spacial score (nSPS) is 11.6. The lowest BCUT2D eigenvalue weighted by atomic mass is 10.1. The Morgan fingerprint density at radius 2 is 1.50 bits per heavy atom. The number of nitrogens with zero attached hydrogens (tertiary/aromatic N) is 3. The predicted octanol–water partition coefficient (Wildman–Crippen LogP) is 6.98. The molecule has 0 fully saturated rings. The quantitative estimate of drug-likeness (QED) is 0.184. The molecule has 0 aliphatic carbocycles. The lowest BCUT2D eigenvalue weighted by molar-refractivity contribution is 0.247. The van der Waals surface area contributed by atoms with Crippen LogP contribution in [-0.2, 0) is 12.2 Å². The van der Waals surface area contributed by atoms with E-state index in [-0.39, 0.29) is 6.03 Å². The van der Waals surface area contributed by atoms with Crippen molar-refractivity contribution in [3.05, 3.63) is 132 Å². The molecule has 0 saturated carbocycles. The van der Waals surface area contributed by atoms with E-state index in [0.717, 1.165) is 33.5 Å². The van der Waals surface area contributed by atoms with Crippen LogP contribution in [0.15, 0.2) is 114 Å². The van der Waals surface area contributed by atoms with Crippen molar-refractivity contribution in [3.8, 4) is 11.4 Å². The van der Waals surface area contributed by atoms with Crippen molar-refractivity contribution in [2.45, 2.75) is 30.3 Å². The molecule has 2 N–H and O–H groups in total. The van der Waals surface area contributed by atoms with Crippen LogP contribution in [0, 0.1) is 6.92 Å². The minimum absolute atomic E-state index is 0.331. The Kier molecular flexibility index (Phi) is 8.78. The standard InChI is InChI=1S/C32H31N5O2S/c1-23-13-17-27(18-14-23)37-30(35-36-32(37)40-22-25-11-7-4-8-12-25)29(21-24-9-5-3-6-10-24)34-31(38)33-26-15-19-28(39-2)20-16-26/h3-20,29H,21-22H2,1-2H3,(H2,33,34,38). The molecule has 5 aromatic rings. The molecule has 0 aliphatic heterocycles. The Morgan fingerprint density at radius 1 is 0.850 bits per heavy atom. The highest BCUT2D eigenvalue weighted by Gasteiger charge is 2.25. The SMILES string of the molecule is COc1ccc(NC(=O)NC(Cc2ccccc2)c2nnc(SCc3ccccc3)n2-c2ccc(C)cc2)cc1. The van der Waals surface area contributed by atoms with Gasteiger partial charge in [0.25, 0.3) is 0 Å². The van der Waals surface area contributed by atoms with Crippen molar-refractivity contribution < 1.29 is 9.53 Å². The lowest BCUT2D eigenvalue weighted by Gasteiger charge is -2.21. The molecule has 1 heterocycles. The van der Waals surface area contributed by atoms with Gasteiger partial charge in [-0.2, -0.15) is 0 Å². The van der Waals surface area contributed by atoms with Crippen molar-refractivity contribution in [1.82, 2.24) is 20.1 Å². The summed E-state index contributed by atoms with van der Waals surface area (Å²) in [5, 5.41) is 16.1. The van der Waals surface area contributed by atoms with Gasteiger partial charge in [-0.3, -0.25) is 4.57 Å². The second-order valence-corrected chi connectivity index (χ2v) is 10.3. The van der Waals surface area contributed by atoms with E-state index >= 15 is 0 Å².